The van der Waals surface area contributed by atoms with E-state index in [1.54, 1.807) is 0 Å². The van der Waals surface area contributed by atoms with E-state index in [0.717, 1.165) is 25.7 Å². The van der Waals surface area contributed by atoms with E-state index in [1.165, 1.54) is 22.8 Å². The minimum Gasteiger partial charge on any atom is -0.381 e. The molecule has 3 nitrogen and oxygen atoms in total. The lowest BCUT2D eigenvalue weighted by Gasteiger charge is -2.21. The number of hydrogen-bond donors (Lipinski definition) is 0. The lowest BCUT2D eigenvalue weighted by Crippen LogP contribution is -2.17. The van der Waals surface area contributed by atoms with Gasteiger partial charge in [0.25, 0.3) is 0 Å². The van der Waals surface area contributed by atoms with Crippen molar-refractivity contribution in [1.82, 2.24) is 9.78 Å². The third-order valence-electron chi connectivity index (χ3n) is 2.71. The van der Waals surface area contributed by atoms with Crippen molar-refractivity contribution in [3.8, 4) is 0 Å². The van der Waals surface area contributed by atoms with Crippen molar-refractivity contribution in [2.45, 2.75) is 25.8 Å². The molecule has 0 radical (unpaired) electrons. The van der Waals surface area contributed by atoms with E-state index < -0.39 is 0 Å². The van der Waals surface area contributed by atoms with Crippen LogP contribution in [-0.4, -0.2) is 23.0 Å². The van der Waals surface area contributed by atoms with Gasteiger partial charge < -0.3 is 4.74 Å². The molecule has 1 saturated heterocycles. The Kier molecular flexibility index (Phi) is 3.81. The molecule has 0 unspecified atom stereocenters. The molecule has 2 heterocycles. The Morgan fingerprint density at radius 3 is 2.93 bits per heavy atom. The van der Waals surface area contributed by atoms with Crippen LogP contribution in [0.25, 0.3) is 0 Å². The van der Waals surface area contributed by atoms with Gasteiger partial charge in [-0.3, -0.25) is 4.68 Å². The van der Waals surface area contributed by atoms with E-state index in [2.05, 4.69) is 33.9 Å². The highest BCUT2D eigenvalue weighted by atomic mass is 127. The summed E-state index contributed by atoms with van der Waals surface area (Å²) in [5.41, 5.74) is 0. The van der Waals surface area contributed by atoms with E-state index in [0.29, 0.717) is 0 Å². The van der Waals surface area contributed by atoms with E-state index in [1.807, 2.05) is 10.9 Å². The lowest BCUT2D eigenvalue weighted by atomic mass is 9.97. The first-order valence-electron chi connectivity index (χ1n) is 5.10. The Morgan fingerprint density at radius 1 is 1.50 bits per heavy atom. The van der Waals surface area contributed by atoms with Crippen LogP contribution in [0.15, 0.2) is 12.4 Å². The van der Waals surface area contributed by atoms with Crippen LogP contribution in [0, 0.1) is 9.49 Å². The number of aromatic nitrogens is 2. The van der Waals surface area contributed by atoms with E-state index >= 15 is 0 Å². The molecule has 4 heteroatoms. The molecule has 1 aromatic heterocycles. The molecule has 0 saturated carbocycles. The van der Waals surface area contributed by atoms with Gasteiger partial charge >= 0.3 is 0 Å². The van der Waals surface area contributed by atoms with Gasteiger partial charge in [-0.05, 0) is 47.8 Å². The van der Waals surface area contributed by atoms with Crippen LogP contribution in [0.4, 0.5) is 0 Å². The van der Waals surface area contributed by atoms with E-state index in [-0.39, 0.29) is 0 Å². The Labute approximate surface area is 98.0 Å². The van der Waals surface area contributed by atoms with Crippen LogP contribution in [0.5, 0.6) is 0 Å². The van der Waals surface area contributed by atoms with Crippen molar-refractivity contribution < 1.29 is 4.74 Å². The average molecular weight is 306 g/mol. The van der Waals surface area contributed by atoms with Gasteiger partial charge in [-0.2, -0.15) is 5.10 Å². The van der Waals surface area contributed by atoms with Crippen LogP contribution in [0.1, 0.15) is 19.3 Å². The van der Waals surface area contributed by atoms with Gasteiger partial charge in [-0.15, -0.1) is 0 Å². The lowest BCUT2D eigenvalue weighted by molar-refractivity contribution is 0.0623. The number of ether oxygens (including phenoxy) is 1. The number of nitrogens with zero attached hydrogens (tertiary/aromatic N) is 2. The summed E-state index contributed by atoms with van der Waals surface area (Å²) >= 11 is 2.29. The van der Waals surface area contributed by atoms with Crippen LogP contribution in [0.2, 0.25) is 0 Å². The zero-order valence-corrected chi connectivity index (χ0v) is 10.3. The number of rotatable bonds is 3. The van der Waals surface area contributed by atoms with Gasteiger partial charge in [0.05, 0.1) is 9.77 Å². The topological polar surface area (TPSA) is 27.1 Å². The molecule has 0 bridgehead atoms. The van der Waals surface area contributed by atoms with Crippen molar-refractivity contribution in [1.29, 1.82) is 0 Å². The smallest absolute Gasteiger partial charge is 0.0623 e. The molecule has 1 aliphatic heterocycles. The minimum absolute atomic E-state index is 0.839. The molecular weight excluding hydrogens is 291 g/mol. The summed E-state index contributed by atoms with van der Waals surface area (Å²) in [6.45, 7) is 2.94. The van der Waals surface area contributed by atoms with Gasteiger partial charge in [-0.25, -0.2) is 0 Å². The van der Waals surface area contributed by atoms with Crippen molar-refractivity contribution in [3.63, 3.8) is 0 Å². The maximum absolute atomic E-state index is 5.33. The maximum Gasteiger partial charge on any atom is 0.0623 e. The number of halogens is 1. The SMILES string of the molecule is Ic1cnn(CCC2CCOCC2)c1. The van der Waals surface area contributed by atoms with Gasteiger partial charge in [0.2, 0.25) is 0 Å². The first-order chi connectivity index (χ1) is 6.84. The summed E-state index contributed by atoms with van der Waals surface area (Å²) in [6.07, 6.45) is 7.68. The summed E-state index contributed by atoms with van der Waals surface area (Å²) in [6, 6.07) is 0. The summed E-state index contributed by atoms with van der Waals surface area (Å²) in [7, 11) is 0. The Bertz CT molecular complexity index is 281. The predicted octanol–water partition coefficient (Wildman–Crippen LogP) is 2.30. The second-order valence-corrected chi connectivity index (χ2v) is 5.01. The summed E-state index contributed by atoms with van der Waals surface area (Å²) < 4.78 is 8.59. The van der Waals surface area contributed by atoms with Gasteiger partial charge in [-0.1, -0.05) is 0 Å². The molecule has 0 amide bonds. The molecule has 1 fully saturated rings. The number of aryl methyl sites for hydroxylation is 1. The second-order valence-electron chi connectivity index (χ2n) is 3.77. The molecule has 78 valence electrons. The highest BCUT2D eigenvalue weighted by Crippen LogP contribution is 2.19. The number of hydrogen-bond acceptors (Lipinski definition) is 2. The first-order valence-corrected chi connectivity index (χ1v) is 6.18. The fourth-order valence-electron chi connectivity index (χ4n) is 1.81. The largest absolute Gasteiger partial charge is 0.381 e. The van der Waals surface area contributed by atoms with E-state index in [4.69, 9.17) is 4.74 Å². The van der Waals surface area contributed by atoms with Crippen molar-refractivity contribution in [2.75, 3.05) is 13.2 Å². The Hall–Kier alpha value is -0.100. The van der Waals surface area contributed by atoms with Crippen LogP contribution in [-0.2, 0) is 11.3 Å². The third kappa shape index (κ3) is 2.95. The fourth-order valence-corrected chi connectivity index (χ4v) is 2.26. The third-order valence-corrected chi connectivity index (χ3v) is 3.27. The Morgan fingerprint density at radius 2 is 2.29 bits per heavy atom. The van der Waals surface area contributed by atoms with Crippen molar-refractivity contribution in [2.24, 2.45) is 5.92 Å². The van der Waals surface area contributed by atoms with Gasteiger partial charge in [0.1, 0.15) is 0 Å². The maximum atomic E-state index is 5.33. The zero-order chi connectivity index (χ0) is 9.80. The minimum atomic E-state index is 0.839. The normalized spacial score (nSPS) is 18.6. The fraction of sp³-hybridized carbons (Fsp3) is 0.700. The molecule has 0 N–H and O–H groups in total. The molecule has 14 heavy (non-hydrogen) atoms. The molecule has 0 aliphatic carbocycles. The molecule has 1 aromatic rings. The van der Waals surface area contributed by atoms with Crippen LogP contribution < -0.4 is 0 Å². The molecule has 0 aromatic carbocycles. The molecule has 2 rings (SSSR count). The molecule has 0 spiro atoms. The predicted molar refractivity (Wildman–Crippen MR) is 63.1 cm³/mol. The second kappa shape index (κ2) is 5.11. The Balaban J connectivity index is 1.76. The summed E-state index contributed by atoms with van der Waals surface area (Å²) in [5.74, 6) is 0.839. The molecule has 1 aliphatic rings. The standard InChI is InChI=1S/C10H15IN2O/c11-10-7-12-13(8-10)4-1-9-2-5-14-6-3-9/h7-9H,1-6H2. The van der Waals surface area contributed by atoms with Crippen LogP contribution >= 0.6 is 22.6 Å². The average Bonchev–Trinajstić information content (AvgIpc) is 2.63. The van der Waals surface area contributed by atoms with Crippen molar-refractivity contribution in [3.05, 3.63) is 16.0 Å². The van der Waals surface area contributed by atoms with Crippen molar-refractivity contribution >= 4 is 22.6 Å². The molecular formula is C10H15IN2O. The quantitative estimate of drug-likeness (QED) is 0.801. The molecule has 0 atom stereocenters. The van der Waals surface area contributed by atoms with Gasteiger partial charge in [0.15, 0.2) is 0 Å². The van der Waals surface area contributed by atoms with Crippen LogP contribution in [0.3, 0.4) is 0 Å². The highest BCUT2D eigenvalue weighted by molar-refractivity contribution is 14.1. The summed E-state index contributed by atoms with van der Waals surface area (Å²) in [4.78, 5) is 0. The van der Waals surface area contributed by atoms with E-state index in [9.17, 15) is 0 Å². The first kappa shape index (κ1) is 10.4. The zero-order valence-electron chi connectivity index (χ0n) is 8.16. The summed E-state index contributed by atoms with van der Waals surface area (Å²) in [5, 5.41) is 4.28. The monoisotopic (exact) mass is 306 g/mol. The van der Waals surface area contributed by atoms with Gasteiger partial charge in [0, 0.05) is 26.0 Å². The highest BCUT2D eigenvalue weighted by Gasteiger charge is 2.13.